The minimum atomic E-state index is -3.62. The van der Waals surface area contributed by atoms with Gasteiger partial charge in [0.15, 0.2) is 6.61 Å². The molecular weight excluding hydrogens is 416 g/mol. The summed E-state index contributed by atoms with van der Waals surface area (Å²) < 4.78 is 32.2. The second-order valence-electron chi connectivity index (χ2n) is 7.68. The first-order valence-corrected chi connectivity index (χ1v) is 11.9. The van der Waals surface area contributed by atoms with Crippen LogP contribution in [0.1, 0.15) is 48.0 Å². The fourth-order valence-electron chi connectivity index (χ4n) is 3.63. The van der Waals surface area contributed by atoms with E-state index < -0.39 is 28.5 Å². The first-order valence-electron chi connectivity index (χ1n) is 10.4. The number of nitrogens with zero attached hydrogens (tertiary/aromatic N) is 1. The monoisotopic (exact) mass is 444 g/mol. The number of carbonyl (C=O) groups is 2. The van der Waals surface area contributed by atoms with Gasteiger partial charge in [-0.25, -0.2) is 13.2 Å². The summed E-state index contributed by atoms with van der Waals surface area (Å²) in [4.78, 5) is 24.2. The lowest BCUT2D eigenvalue weighted by molar-refractivity contribution is -0.124. The van der Waals surface area contributed by atoms with Gasteiger partial charge in [-0.1, -0.05) is 49.6 Å². The van der Waals surface area contributed by atoms with E-state index in [1.165, 1.54) is 28.6 Å². The lowest BCUT2D eigenvalue weighted by Gasteiger charge is -2.30. The van der Waals surface area contributed by atoms with E-state index in [0.717, 1.165) is 37.7 Å². The van der Waals surface area contributed by atoms with E-state index in [9.17, 15) is 18.0 Å². The van der Waals surface area contributed by atoms with E-state index in [4.69, 9.17) is 4.74 Å². The molecule has 0 aliphatic heterocycles. The second kappa shape index (κ2) is 10.5. The van der Waals surface area contributed by atoms with Gasteiger partial charge >= 0.3 is 5.97 Å². The number of hydrogen-bond donors (Lipinski definition) is 1. The third kappa shape index (κ3) is 6.15. The van der Waals surface area contributed by atoms with Gasteiger partial charge < -0.3 is 10.1 Å². The lowest BCUT2D eigenvalue weighted by Crippen LogP contribution is -2.38. The van der Waals surface area contributed by atoms with Crippen molar-refractivity contribution in [2.75, 3.05) is 13.7 Å². The molecule has 8 heteroatoms. The molecule has 0 radical (unpaired) electrons. The molecule has 0 bridgehead atoms. The molecule has 1 saturated carbocycles. The van der Waals surface area contributed by atoms with Gasteiger partial charge in [0.25, 0.3) is 5.91 Å². The van der Waals surface area contributed by atoms with Gasteiger partial charge in [-0.2, -0.15) is 4.31 Å². The molecule has 2 aromatic rings. The van der Waals surface area contributed by atoms with Gasteiger partial charge in [-0.05, 0) is 42.7 Å². The number of benzene rings is 2. The first kappa shape index (κ1) is 23.0. The van der Waals surface area contributed by atoms with Crippen molar-refractivity contribution >= 4 is 21.9 Å². The SMILES string of the molecule is CN(C1CCCCC1)S(=O)(=O)c1ccc(C(=O)OCC(=O)NCc2ccccc2)cc1. The Labute approximate surface area is 183 Å². The molecule has 0 saturated heterocycles. The van der Waals surface area contributed by atoms with Crippen LogP contribution in [0.2, 0.25) is 0 Å². The number of sulfonamides is 1. The number of nitrogens with one attached hydrogen (secondary N) is 1. The normalized spacial score (nSPS) is 14.9. The predicted octanol–water partition coefficient (Wildman–Crippen LogP) is 3.11. The summed E-state index contributed by atoms with van der Waals surface area (Å²) in [6.07, 6.45) is 4.95. The van der Waals surface area contributed by atoms with Crippen LogP contribution in [0.3, 0.4) is 0 Å². The van der Waals surface area contributed by atoms with Gasteiger partial charge in [0.1, 0.15) is 0 Å². The number of hydrogen-bond acceptors (Lipinski definition) is 5. The minimum absolute atomic E-state index is 0.0118. The van der Waals surface area contributed by atoms with Crippen LogP contribution >= 0.6 is 0 Å². The highest BCUT2D eigenvalue weighted by molar-refractivity contribution is 7.89. The molecule has 0 atom stereocenters. The fourth-order valence-corrected chi connectivity index (χ4v) is 5.05. The Morgan fingerprint density at radius 1 is 1.00 bits per heavy atom. The van der Waals surface area contributed by atoms with Gasteiger partial charge in [-0.15, -0.1) is 0 Å². The van der Waals surface area contributed by atoms with E-state index in [2.05, 4.69) is 5.32 Å². The molecule has 1 N–H and O–H groups in total. The topological polar surface area (TPSA) is 92.8 Å². The summed E-state index contributed by atoms with van der Waals surface area (Å²) in [5.41, 5.74) is 1.13. The molecule has 2 aromatic carbocycles. The zero-order valence-electron chi connectivity index (χ0n) is 17.6. The van der Waals surface area contributed by atoms with Crippen LogP contribution in [0.25, 0.3) is 0 Å². The Bertz CT molecular complexity index is 984. The first-order chi connectivity index (χ1) is 14.9. The van der Waals surface area contributed by atoms with E-state index in [0.29, 0.717) is 6.54 Å². The molecule has 1 aliphatic carbocycles. The minimum Gasteiger partial charge on any atom is -0.452 e. The molecule has 166 valence electrons. The number of rotatable bonds is 8. The van der Waals surface area contributed by atoms with E-state index in [-0.39, 0.29) is 16.5 Å². The van der Waals surface area contributed by atoms with Crippen LogP contribution < -0.4 is 5.32 Å². The molecule has 1 amide bonds. The summed E-state index contributed by atoms with van der Waals surface area (Å²) in [7, 11) is -2.01. The third-order valence-corrected chi connectivity index (χ3v) is 7.45. The van der Waals surface area contributed by atoms with Crippen LogP contribution in [0.15, 0.2) is 59.5 Å². The number of carbonyl (C=O) groups excluding carboxylic acids is 2. The van der Waals surface area contributed by atoms with E-state index in [1.54, 1.807) is 7.05 Å². The van der Waals surface area contributed by atoms with Gasteiger partial charge in [0.05, 0.1) is 10.5 Å². The molecule has 0 heterocycles. The van der Waals surface area contributed by atoms with Crippen molar-refractivity contribution in [3.8, 4) is 0 Å². The summed E-state index contributed by atoms with van der Waals surface area (Å²) in [6.45, 7) is -0.0611. The standard InChI is InChI=1S/C23H28N2O5S/c1-25(20-10-6-3-7-11-20)31(28,29)21-14-12-19(13-15-21)23(27)30-17-22(26)24-16-18-8-4-2-5-9-18/h2,4-5,8-9,12-15,20H,3,6-7,10-11,16-17H2,1H3,(H,24,26). The predicted molar refractivity (Wildman–Crippen MR) is 117 cm³/mol. The fraction of sp³-hybridized carbons (Fsp3) is 0.391. The summed E-state index contributed by atoms with van der Waals surface area (Å²) >= 11 is 0. The van der Waals surface area contributed by atoms with Crippen molar-refractivity contribution in [3.63, 3.8) is 0 Å². The summed E-state index contributed by atoms with van der Waals surface area (Å²) in [6, 6.07) is 15.0. The van der Waals surface area contributed by atoms with Crippen molar-refractivity contribution in [3.05, 3.63) is 65.7 Å². The zero-order chi connectivity index (χ0) is 22.3. The zero-order valence-corrected chi connectivity index (χ0v) is 18.4. The highest BCUT2D eigenvalue weighted by atomic mass is 32.2. The maximum Gasteiger partial charge on any atom is 0.338 e. The number of ether oxygens (including phenoxy) is 1. The van der Waals surface area contributed by atoms with Crippen LogP contribution in [-0.4, -0.2) is 44.3 Å². The van der Waals surface area contributed by atoms with Crippen LogP contribution in [-0.2, 0) is 26.1 Å². The molecule has 3 rings (SSSR count). The number of amides is 1. The average Bonchev–Trinajstić information content (AvgIpc) is 2.82. The van der Waals surface area contributed by atoms with E-state index in [1.807, 2.05) is 30.3 Å². The molecule has 1 fully saturated rings. The molecule has 0 spiro atoms. The Hall–Kier alpha value is -2.71. The van der Waals surface area contributed by atoms with Crippen molar-refractivity contribution in [1.82, 2.24) is 9.62 Å². The Kier molecular flexibility index (Phi) is 7.81. The molecular formula is C23H28N2O5S. The van der Waals surface area contributed by atoms with Gasteiger partial charge in [-0.3, -0.25) is 4.79 Å². The quantitative estimate of drug-likeness (QED) is 0.632. The Balaban J connectivity index is 1.52. The summed E-state index contributed by atoms with van der Waals surface area (Å²) in [5.74, 6) is -1.09. The van der Waals surface area contributed by atoms with Crippen molar-refractivity contribution < 1.29 is 22.7 Å². The van der Waals surface area contributed by atoms with Crippen molar-refractivity contribution in [1.29, 1.82) is 0 Å². The van der Waals surface area contributed by atoms with Crippen LogP contribution in [0.5, 0.6) is 0 Å². The highest BCUT2D eigenvalue weighted by Crippen LogP contribution is 2.26. The highest BCUT2D eigenvalue weighted by Gasteiger charge is 2.29. The largest absolute Gasteiger partial charge is 0.452 e. The van der Waals surface area contributed by atoms with Gasteiger partial charge in [0.2, 0.25) is 10.0 Å². The molecule has 31 heavy (non-hydrogen) atoms. The van der Waals surface area contributed by atoms with E-state index >= 15 is 0 Å². The Morgan fingerprint density at radius 2 is 1.65 bits per heavy atom. The molecule has 0 unspecified atom stereocenters. The lowest BCUT2D eigenvalue weighted by atomic mass is 9.96. The second-order valence-corrected chi connectivity index (χ2v) is 9.67. The third-order valence-electron chi connectivity index (χ3n) is 5.52. The maximum absolute atomic E-state index is 12.9. The van der Waals surface area contributed by atoms with Crippen LogP contribution in [0.4, 0.5) is 0 Å². The summed E-state index contributed by atoms with van der Waals surface area (Å²) in [5, 5.41) is 2.68. The molecule has 1 aliphatic rings. The average molecular weight is 445 g/mol. The number of esters is 1. The van der Waals surface area contributed by atoms with Crippen LogP contribution in [0, 0.1) is 0 Å². The van der Waals surface area contributed by atoms with Crippen molar-refractivity contribution in [2.45, 2.75) is 49.6 Å². The van der Waals surface area contributed by atoms with Gasteiger partial charge in [0, 0.05) is 19.6 Å². The maximum atomic E-state index is 12.9. The van der Waals surface area contributed by atoms with Crippen molar-refractivity contribution in [2.24, 2.45) is 0 Å². The molecule has 0 aromatic heterocycles. The Morgan fingerprint density at radius 3 is 2.29 bits per heavy atom. The molecule has 7 nitrogen and oxygen atoms in total. The smallest absolute Gasteiger partial charge is 0.338 e.